The van der Waals surface area contributed by atoms with E-state index in [1.165, 1.54) is 12.3 Å². The van der Waals surface area contributed by atoms with E-state index in [1.807, 2.05) is 13.2 Å². The molecule has 0 spiro atoms. The van der Waals surface area contributed by atoms with Crippen LogP contribution in [0.4, 0.5) is 5.82 Å². The molecule has 1 aliphatic carbocycles. The van der Waals surface area contributed by atoms with Crippen LogP contribution in [0.25, 0.3) is 0 Å². The fraction of sp³-hybridized carbons (Fsp3) is 0.615. The Kier molecular flexibility index (Phi) is 5.76. The van der Waals surface area contributed by atoms with Crippen LogP contribution < -0.4 is 10.0 Å². The quantitative estimate of drug-likeness (QED) is 0.826. The minimum Gasteiger partial charge on any atom is -0.369 e. The SMILES string of the molecule is CCNc1ncc(S(=O)(=O)NC2CCCC2SC)cc1Cl. The molecule has 1 aromatic rings. The monoisotopic (exact) mass is 349 g/mol. The highest BCUT2D eigenvalue weighted by Gasteiger charge is 2.31. The molecule has 1 heterocycles. The Morgan fingerprint density at radius 3 is 2.86 bits per heavy atom. The molecule has 2 unspecified atom stereocenters. The summed E-state index contributed by atoms with van der Waals surface area (Å²) in [6.45, 7) is 2.60. The maximum absolute atomic E-state index is 12.4. The third kappa shape index (κ3) is 4.03. The van der Waals surface area contributed by atoms with Crippen LogP contribution in [0.5, 0.6) is 0 Å². The number of rotatable bonds is 6. The Balaban J connectivity index is 2.17. The highest BCUT2D eigenvalue weighted by atomic mass is 35.5. The number of anilines is 1. The van der Waals surface area contributed by atoms with E-state index in [-0.39, 0.29) is 10.9 Å². The van der Waals surface area contributed by atoms with E-state index in [2.05, 4.69) is 15.0 Å². The summed E-state index contributed by atoms with van der Waals surface area (Å²) in [6.07, 6.45) is 6.33. The number of halogens is 1. The molecular formula is C13H20ClN3O2S2. The number of hydrogen-bond donors (Lipinski definition) is 2. The van der Waals surface area contributed by atoms with Crippen molar-refractivity contribution in [1.29, 1.82) is 0 Å². The second kappa shape index (κ2) is 7.17. The summed E-state index contributed by atoms with van der Waals surface area (Å²) in [5.74, 6) is 0.501. The van der Waals surface area contributed by atoms with Crippen molar-refractivity contribution in [3.63, 3.8) is 0 Å². The van der Waals surface area contributed by atoms with Gasteiger partial charge in [0.1, 0.15) is 10.7 Å². The number of thioether (sulfide) groups is 1. The van der Waals surface area contributed by atoms with E-state index >= 15 is 0 Å². The summed E-state index contributed by atoms with van der Waals surface area (Å²) < 4.78 is 27.6. The highest BCUT2D eigenvalue weighted by molar-refractivity contribution is 7.99. The average molecular weight is 350 g/mol. The van der Waals surface area contributed by atoms with Crippen molar-refractivity contribution < 1.29 is 8.42 Å². The van der Waals surface area contributed by atoms with Gasteiger partial charge in [-0.2, -0.15) is 11.8 Å². The van der Waals surface area contributed by atoms with Crippen molar-refractivity contribution in [2.75, 3.05) is 18.1 Å². The summed E-state index contributed by atoms with van der Waals surface area (Å²) in [5.41, 5.74) is 0. The van der Waals surface area contributed by atoms with E-state index in [1.54, 1.807) is 11.8 Å². The van der Waals surface area contributed by atoms with Crippen molar-refractivity contribution in [1.82, 2.24) is 9.71 Å². The fourth-order valence-corrected chi connectivity index (χ4v) is 5.08. The summed E-state index contributed by atoms with van der Waals surface area (Å²) in [7, 11) is -3.58. The zero-order chi connectivity index (χ0) is 15.5. The fourth-order valence-electron chi connectivity index (χ4n) is 2.48. The number of nitrogens with zero attached hydrogens (tertiary/aromatic N) is 1. The van der Waals surface area contributed by atoms with E-state index in [0.29, 0.717) is 22.6 Å². The molecule has 0 bridgehead atoms. The van der Waals surface area contributed by atoms with Gasteiger partial charge in [0.2, 0.25) is 10.0 Å². The van der Waals surface area contributed by atoms with Crippen LogP contribution in [0.15, 0.2) is 17.2 Å². The predicted molar refractivity (Wildman–Crippen MR) is 88.7 cm³/mol. The molecule has 1 aromatic heterocycles. The van der Waals surface area contributed by atoms with Gasteiger partial charge in [0.15, 0.2) is 0 Å². The smallest absolute Gasteiger partial charge is 0.242 e. The summed E-state index contributed by atoms with van der Waals surface area (Å²) in [6, 6.07) is 1.43. The number of hydrogen-bond acceptors (Lipinski definition) is 5. The van der Waals surface area contributed by atoms with Gasteiger partial charge < -0.3 is 5.32 Å². The second-order valence-corrected chi connectivity index (χ2v) is 8.16. The molecule has 2 rings (SSSR count). The predicted octanol–water partition coefficient (Wildman–Crippen LogP) is 2.73. The van der Waals surface area contributed by atoms with Crippen LogP contribution >= 0.6 is 23.4 Å². The first-order chi connectivity index (χ1) is 9.97. The van der Waals surface area contributed by atoms with Gasteiger partial charge in [0.25, 0.3) is 0 Å². The average Bonchev–Trinajstić information content (AvgIpc) is 2.87. The van der Waals surface area contributed by atoms with Crippen LogP contribution in [0.1, 0.15) is 26.2 Å². The third-order valence-corrected chi connectivity index (χ3v) is 6.45. The van der Waals surface area contributed by atoms with Gasteiger partial charge in [0, 0.05) is 24.0 Å². The van der Waals surface area contributed by atoms with Gasteiger partial charge in [-0.15, -0.1) is 0 Å². The van der Waals surface area contributed by atoms with Gasteiger partial charge in [-0.3, -0.25) is 0 Å². The van der Waals surface area contributed by atoms with Gasteiger partial charge in [-0.25, -0.2) is 18.1 Å². The second-order valence-electron chi connectivity index (χ2n) is 4.96. The molecule has 1 aliphatic rings. The van der Waals surface area contributed by atoms with Crippen LogP contribution in [-0.2, 0) is 10.0 Å². The van der Waals surface area contributed by atoms with Gasteiger partial charge in [-0.1, -0.05) is 18.0 Å². The minimum absolute atomic E-state index is 0.0165. The number of pyridine rings is 1. The molecule has 118 valence electrons. The lowest BCUT2D eigenvalue weighted by molar-refractivity contribution is 0.555. The maximum atomic E-state index is 12.4. The van der Waals surface area contributed by atoms with Crippen molar-refractivity contribution in [3.05, 3.63) is 17.3 Å². The molecule has 2 atom stereocenters. The van der Waals surface area contributed by atoms with Crippen molar-refractivity contribution in [2.24, 2.45) is 0 Å². The van der Waals surface area contributed by atoms with Crippen molar-refractivity contribution in [3.8, 4) is 0 Å². The van der Waals surface area contributed by atoms with Gasteiger partial charge >= 0.3 is 0 Å². The molecule has 0 saturated heterocycles. The Morgan fingerprint density at radius 1 is 1.48 bits per heavy atom. The van der Waals surface area contributed by atoms with E-state index in [9.17, 15) is 8.42 Å². The first kappa shape index (κ1) is 16.9. The van der Waals surface area contributed by atoms with Crippen LogP contribution in [0.3, 0.4) is 0 Å². The zero-order valence-electron chi connectivity index (χ0n) is 12.1. The maximum Gasteiger partial charge on any atom is 0.242 e. The van der Waals surface area contributed by atoms with Crippen LogP contribution in [0.2, 0.25) is 5.02 Å². The standard InChI is InChI=1S/C13H20ClN3O2S2/c1-3-15-13-10(14)7-9(8-16-13)21(18,19)17-11-5-4-6-12(11)20-2/h7-8,11-12,17H,3-6H2,1-2H3,(H,15,16). The van der Waals surface area contributed by atoms with Crippen molar-refractivity contribution in [2.45, 2.75) is 42.4 Å². The summed E-state index contributed by atoms with van der Waals surface area (Å²) in [5, 5.41) is 3.63. The van der Waals surface area contributed by atoms with Gasteiger partial charge in [-0.05, 0) is 32.1 Å². The molecule has 21 heavy (non-hydrogen) atoms. The lowest BCUT2D eigenvalue weighted by Gasteiger charge is -2.19. The Hall–Kier alpha value is -0.500. The van der Waals surface area contributed by atoms with Gasteiger partial charge in [0.05, 0.1) is 5.02 Å². The third-order valence-electron chi connectivity index (χ3n) is 3.53. The van der Waals surface area contributed by atoms with Crippen LogP contribution in [-0.4, -0.2) is 37.5 Å². The molecule has 0 aliphatic heterocycles. The number of sulfonamides is 1. The first-order valence-corrected chi connectivity index (χ1v) is 10.1. The Morgan fingerprint density at radius 2 is 2.24 bits per heavy atom. The molecule has 1 saturated carbocycles. The summed E-state index contributed by atoms with van der Waals surface area (Å²) in [4.78, 5) is 4.19. The number of aromatic nitrogens is 1. The molecule has 0 amide bonds. The minimum atomic E-state index is -3.58. The first-order valence-electron chi connectivity index (χ1n) is 6.92. The summed E-state index contributed by atoms with van der Waals surface area (Å²) >= 11 is 7.78. The zero-order valence-corrected chi connectivity index (χ0v) is 14.5. The molecule has 2 N–H and O–H groups in total. The largest absolute Gasteiger partial charge is 0.369 e. The molecular weight excluding hydrogens is 330 g/mol. The molecule has 8 heteroatoms. The molecule has 0 aromatic carbocycles. The van der Waals surface area contributed by atoms with E-state index < -0.39 is 10.0 Å². The highest BCUT2D eigenvalue weighted by Crippen LogP contribution is 2.30. The normalized spacial score (nSPS) is 22.4. The lowest BCUT2D eigenvalue weighted by atomic mass is 10.3. The van der Waals surface area contributed by atoms with E-state index in [0.717, 1.165) is 19.3 Å². The van der Waals surface area contributed by atoms with Crippen molar-refractivity contribution >= 4 is 39.2 Å². The molecule has 5 nitrogen and oxygen atoms in total. The molecule has 0 radical (unpaired) electrons. The van der Waals surface area contributed by atoms with Crippen LogP contribution in [0, 0.1) is 0 Å². The molecule has 1 fully saturated rings. The Bertz CT molecular complexity index is 595. The lowest BCUT2D eigenvalue weighted by Crippen LogP contribution is -2.38. The topological polar surface area (TPSA) is 71.1 Å². The number of nitrogens with one attached hydrogen (secondary N) is 2. The Labute approximate surface area is 135 Å². The van der Waals surface area contributed by atoms with E-state index in [4.69, 9.17) is 11.6 Å².